The van der Waals surface area contributed by atoms with Crippen LogP contribution in [0.4, 0.5) is 0 Å². The fourth-order valence-electron chi connectivity index (χ4n) is 2.42. The second kappa shape index (κ2) is 5.39. The Morgan fingerprint density at radius 2 is 2.00 bits per heavy atom. The molecule has 0 saturated heterocycles. The van der Waals surface area contributed by atoms with E-state index in [-0.39, 0.29) is 5.76 Å². The van der Waals surface area contributed by atoms with Crippen molar-refractivity contribution in [2.45, 2.75) is 19.6 Å². The van der Waals surface area contributed by atoms with Crippen molar-refractivity contribution in [2.75, 3.05) is 0 Å². The van der Waals surface area contributed by atoms with Gasteiger partial charge in [0, 0.05) is 11.6 Å². The Morgan fingerprint density at radius 3 is 2.71 bits per heavy atom. The largest absolute Gasteiger partial charge is 0.419 e. The lowest BCUT2D eigenvalue weighted by Crippen LogP contribution is -2.11. The van der Waals surface area contributed by atoms with E-state index in [2.05, 4.69) is 0 Å². The lowest BCUT2D eigenvalue weighted by atomic mass is 10.0. The molecule has 1 N–H and O–H groups in total. The van der Waals surface area contributed by atoms with E-state index in [1.807, 2.05) is 6.92 Å². The Kier molecular flexibility index (Phi) is 3.57. The zero-order valence-corrected chi connectivity index (χ0v) is 12.2. The third kappa shape index (κ3) is 2.48. The van der Waals surface area contributed by atoms with E-state index in [1.165, 1.54) is 0 Å². The maximum Gasteiger partial charge on any atom is 0.419 e. The Bertz CT molecular complexity index is 850. The highest BCUT2D eigenvalue weighted by Crippen LogP contribution is 2.26. The van der Waals surface area contributed by atoms with Crippen LogP contribution in [0.15, 0.2) is 51.7 Å². The number of aliphatic hydroxyl groups excluding tert-OH is 1. The van der Waals surface area contributed by atoms with Crippen molar-refractivity contribution < 1.29 is 9.52 Å². The first-order valence-electron chi connectivity index (χ1n) is 6.67. The lowest BCUT2D eigenvalue weighted by Gasteiger charge is -2.11. The molecular formula is C16H14ClNO3. The lowest BCUT2D eigenvalue weighted by molar-refractivity contribution is 0.220. The summed E-state index contributed by atoms with van der Waals surface area (Å²) in [7, 11) is 0. The van der Waals surface area contributed by atoms with Crippen molar-refractivity contribution in [3.8, 4) is 0 Å². The van der Waals surface area contributed by atoms with E-state index in [0.717, 1.165) is 5.52 Å². The molecule has 0 aliphatic rings. The van der Waals surface area contributed by atoms with Crippen LogP contribution in [0.5, 0.6) is 0 Å². The Hall–Kier alpha value is -2.04. The molecule has 5 heteroatoms. The number of hydrogen-bond acceptors (Lipinski definition) is 3. The topological polar surface area (TPSA) is 55.4 Å². The minimum Gasteiger partial charge on any atom is -0.408 e. The van der Waals surface area contributed by atoms with Gasteiger partial charge in [-0.1, -0.05) is 29.8 Å². The van der Waals surface area contributed by atoms with Crippen LogP contribution in [0.3, 0.4) is 0 Å². The van der Waals surface area contributed by atoms with Gasteiger partial charge in [-0.05, 0) is 42.3 Å². The molecule has 0 aliphatic heterocycles. The summed E-state index contributed by atoms with van der Waals surface area (Å²) in [6.07, 6.45) is -0.816. The molecule has 0 radical (unpaired) electrons. The van der Waals surface area contributed by atoms with Gasteiger partial charge in [-0.15, -0.1) is 0 Å². The minimum absolute atomic E-state index is 0.387. The average molecular weight is 304 g/mol. The standard InChI is InChI=1S/C16H14ClNO3/c1-2-18-13-7-6-11(9-14(13)21-16(18)20)15(19)10-4-3-5-12(17)8-10/h3-9,15,19H,2H2,1H3. The van der Waals surface area contributed by atoms with E-state index in [1.54, 1.807) is 47.0 Å². The van der Waals surface area contributed by atoms with Gasteiger partial charge in [0.05, 0.1) is 5.52 Å². The van der Waals surface area contributed by atoms with E-state index in [0.29, 0.717) is 28.3 Å². The van der Waals surface area contributed by atoms with Crippen LogP contribution in [0.1, 0.15) is 24.2 Å². The second-order valence-electron chi connectivity index (χ2n) is 4.80. The van der Waals surface area contributed by atoms with Gasteiger partial charge in [-0.2, -0.15) is 0 Å². The molecule has 3 rings (SSSR count). The van der Waals surface area contributed by atoms with Gasteiger partial charge in [-0.3, -0.25) is 4.57 Å². The first-order valence-corrected chi connectivity index (χ1v) is 7.04. The number of nitrogens with zero attached hydrogens (tertiary/aromatic N) is 1. The molecule has 1 heterocycles. The van der Waals surface area contributed by atoms with Gasteiger partial charge in [0.15, 0.2) is 5.58 Å². The predicted octanol–water partition coefficient (Wildman–Crippen LogP) is 3.35. The number of benzene rings is 2. The smallest absolute Gasteiger partial charge is 0.408 e. The summed E-state index contributed by atoms with van der Waals surface area (Å²) in [4.78, 5) is 11.7. The van der Waals surface area contributed by atoms with Gasteiger partial charge >= 0.3 is 5.76 Å². The summed E-state index contributed by atoms with van der Waals surface area (Å²) in [5.41, 5.74) is 2.55. The van der Waals surface area contributed by atoms with Gasteiger partial charge in [0.2, 0.25) is 0 Å². The van der Waals surface area contributed by atoms with Crippen molar-refractivity contribution in [1.82, 2.24) is 4.57 Å². The molecule has 0 amide bonds. The molecule has 21 heavy (non-hydrogen) atoms. The van der Waals surface area contributed by atoms with Crippen molar-refractivity contribution in [3.63, 3.8) is 0 Å². The minimum atomic E-state index is -0.816. The van der Waals surface area contributed by atoms with Crippen LogP contribution in [-0.2, 0) is 6.54 Å². The monoisotopic (exact) mass is 303 g/mol. The maximum atomic E-state index is 11.7. The molecule has 1 unspecified atom stereocenters. The maximum absolute atomic E-state index is 11.7. The van der Waals surface area contributed by atoms with Crippen molar-refractivity contribution in [2.24, 2.45) is 0 Å². The molecule has 2 aromatic carbocycles. The van der Waals surface area contributed by atoms with E-state index >= 15 is 0 Å². The number of aliphatic hydroxyl groups is 1. The first kappa shape index (κ1) is 13.9. The summed E-state index contributed by atoms with van der Waals surface area (Å²) < 4.78 is 6.76. The third-order valence-electron chi connectivity index (χ3n) is 3.49. The van der Waals surface area contributed by atoms with Crippen LogP contribution in [0.2, 0.25) is 5.02 Å². The fraction of sp³-hybridized carbons (Fsp3) is 0.188. The van der Waals surface area contributed by atoms with Crippen molar-refractivity contribution >= 4 is 22.7 Å². The molecule has 108 valence electrons. The average Bonchev–Trinajstić information content (AvgIpc) is 2.80. The predicted molar refractivity (Wildman–Crippen MR) is 81.7 cm³/mol. The van der Waals surface area contributed by atoms with Gasteiger partial charge in [0.25, 0.3) is 0 Å². The van der Waals surface area contributed by atoms with Crippen LogP contribution in [0.25, 0.3) is 11.1 Å². The molecule has 1 aromatic heterocycles. The molecule has 0 saturated carbocycles. The van der Waals surface area contributed by atoms with Gasteiger partial charge < -0.3 is 9.52 Å². The molecule has 1 atom stereocenters. The van der Waals surface area contributed by atoms with E-state index < -0.39 is 6.10 Å². The van der Waals surface area contributed by atoms with Crippen LogP contribution in [-0.4, -0.2) is 9.67 Å². The number of hydrogen-bond donors (Lipinski definition) is 1. The molecule has 0 spiro atoms. The highest BCUT2D eigenvalue weighted by Gasteiger charge is 2.14. The van der Waals surface area contributed by atoms with Crippen LogP contribution >= 0.6 is 11.6 Å². The highest BCUT2D eigenvalue weighted by molar-refractivity contribution is 6.30. The normalized spacial score (nSPS) is 12.7. The Balaban J connectivity index is 2.07. The molecule has 0 bridgehead atoms. The fourth-order valence-corrected chi connectivity index (χ4v) is 2.62. The van der Waals surface area contributed by atoms with Gasteiger partial charge in [-0.25, -0.2) is 4.79 Å². The van der Waals surface area contributed by atoms with Crippen LogP contribution < -0.4 is 5.76 Å². The van der Waals surface area contributed by atoms with E-state index in [4.69, 9.17) is 16.0 Å². The van der Waals surface area contributed by atoms with Gasteiger partial charge in [0.1, 0.15) is 6.10 Å². The SMILES string of the molecule is CCn1c(=O)oc2cc(C(O)c3cccc(Cl)c3)ccc21. The number of rotatable bonds is 3. The molecule has 0 fully saturated rings. The molecule has 3 aromatic rings. The number of oxazole rings is 1. The number of fused-ring (bicyclic) bond motifs is 1. The second-order valence-corrected chi connectivity index (χ2v) is 5.23. The number of aryl methyl sites for hydroxylation is 1. The highest BCUT2D eigenvalue weighted by atomic mass is 35.5. The molecule has 0 aliphatic carbocycles. The summed E-state index contributed by atoms with van der Waals surface area (Å²) in [5.74, 6) is -0.387. The molecule has 4 nitrogen and oxygen atoms in total. The first-order chi connectivity index (χ1) is 10.1. The van der Waals surface area contributed by atoms with Crippen LogP contribution in [0, 0.1) is 0 Å². The summed E-state index contributed by atoms with van der Waals surface area (Å²) in [6.45, 7) is 2.42. The summed E-state index contributed by atoms with van der Waals surface area (Å²) in [5, 5.41) is 11.0. The van der Waals surface area contributed by atoms with E-state index in [9.17, 15) is 9.90 Å². The molecular weight excluding hydrogens is 290 g/mol. The zero-order valence-electron chi connectivity index (χ0n) is 11.4. The van der Waals surface area contributed by atoms with Crippen molar-refractivity contribution in [3.05, 3.63) is 69.2 Å². The zero-order chi connectivity index (χ0) is 15.0. The Labute approximate surface area is 126 Å². The Morgan fingerprint density at radius 1 is 1.24 bits per heavy atom. The quantitative estimate of drug-likeness (QED) is 0.807. The summed E-state index contributed by atoms with van der Waals surface area (Å²) in [6, 6.07) is 12.3. The summed E-state index contributed by atoms with van der Waals surface area (Å²) >= 11 is 5.94. The number of aromatic nitrogens is 1. The number of halogens is 1. The third-order valence-corrected chi connectivity index (χ3v) is 3.72. The van der Waals surface area contributed by atoms with Crippen molar-refractivity contribution in [1.29, 1.82) is 0 Å².